The third-order valence-corrected chi connectivity index (χ3v) is 2.72. The Hall–Kier alpha value is -1.39. The maximum Gasteiger partial charge on any atom is 0.303 e. The number of aliphatic carboxylic acids is 1. The molecule has 0 bridgehead atoms. The first-order valence-electron chi connectivity index (χ1n) is 6.25. The number of aryl methyl sites for hydroxylation is 2. The standard InChI is InChI=1S/C12H21N3O2/c1-15-10-11(13-14-15)8-6-4-2-3-5-7-9-12(16)17/h10H,2-9H2,1H3,(H,16,17). The summed E-state index contributed by atoms with van der Waals surface area (Å²) in [6.45, 7) is 0. The fourth-order valence-corrected chi connectivity index (χ4v) is 1.80. The molecule has 0 aliphatic heterocycles. The second kappa shape index (κ2) is 7.81. The van der Waals surface area contributed by atoms with E-state index in [2.05, 4.69) is 10.3 Å². The number of unbranched alkanes of at least 4 members (excludes halogenated alkanes) is 5. The predicted molar refractivity (Wildman–Crippen MR) is 64.7 cm³/mol. The number of carbonyl (C=O) groups is 1. The van der Waals surface area contributed by atoms with Crippen LogP contribution in [-0.2, 0) is 18.3 Å². The minimum Gasteiger partial charge on any atom is -0.481 e. The Kier molecular flexibility index (Phi) is 6.29. The van der Waals surface area contributed by atoms with Gasteiger partial charge in [0, 0.05) is 19.7 Å². The molecule has 17 heavy (non-hydrogen) atoms. The molecule has 5 nitrogen and oxygen atoms in total. The largest absolute Gasteiger partial charge is 0.481 e. The predicted octanol–water partition coefficient (Wildman–Crippen LogP) is 2.17. The van der Waals surface area contributed by atoms with E-state index in [4.69, 9.17) is 5.11 Å². The van der Waals surface area contributed by atoms with Gasteiger partial charge in [-0.05, 0) is 19.3 Å². The molecule has 0 atom stereocenters. The van der Waals surface area contributed by atoms with Gasteiger partial charge in [0.25, 0.3) is 0 Å². The molecule has 0 saturated carbocycles. The molecule has 0 fully saturated rings. The van der Waals surface area contributed by atoms with Crippen molar-refractivity contribution in [1.29, 1.82) is 0 Å². The number of carboxylic acid groups (broad SMARTS) is 1. The zero-order valence-electron chi connectivity index (χ0n) is 10.4. The zero-order valence-corrected chi connectivity index (χ0v) is 10.4. The monoisotopic (exact) mass is 239 g/mol. The molecular weight excluding hydrogens is 218 g/mol. The van der Waals surface area contributed by atoms with Crippen LogP contribution in [0.15, 0.2) is 6.20 Å². The summed E-state index contributed by atoms with van der Waals surface area (Å²) in [4.78, 5) is 10.3. The van der Waals surface area contributed by atoms with Gasteiger partial charge >= 0.3 is 5.97 Å². The third kappa shape index (κ3) is 6.71. The van der Waals surface area contributed by atoms with Crippen molar-refractivity contribution in [1.82, 2.24) is 15.0 Å². The van der Waals surface area contributed by atoms with Crippen LogP contribution in [0.25, 0.3) is 0 Å². The van der Waals surface area contributed by atoms with Crippen molar-refractivity contribution in [3.8, 4) is 0 Å². The Bertz CT molecular complexity index is 336. The Morgan fingerprint density at radius 2 is 1.88 bits per heavy atom. The average molecular weight is 239 g/mol. The molecule has 0 unspecified atom stereocenters. The molecular formula is C12H21N3O2. The maximum absolute atomic E-state index is 10.3. The number of carboxylic acids is 1. The summed E-state index contributed by atoms with van der Waals surface area (Å²) >= 11 is 0. The summed E-state index contributed by atoms with van der Waals surface area (Å²) < 4.78 is 1.72. The van der Waals surface area contributed by atoms with Gasteiger partial charge < -0.3 is 5.11 Å². The average Bonchev–Trinajstić information content (AvgIpc) is 2.68. The van der Waals surface area contributed by atoms with Gasteiger partial charge in [-0.3, -0.25) is 9.48 Å². The van der Waals surface area contributed by atoms with Crippen LogP contribution < -0.4 is 0 Å². The van der Waals surface area contributed by atoms with Crippen molar-refractivity contribution in [3.05, 3.63) is 11.9 Å². The third-order valence-electron chi connectivity index (χ3n) is 2.72. The molecule has 0 saturated heterocycles. The van der Waals surface area contributed by atoms with Gasteiger partial charge in [-0.1, -0.05) is 30.9 Å². The Labute approximate surface area is 102 Å². The normalized spacial score (nSPS) is 10.6. The Morgan fingerprint density at radius 3 is 2.47 bits per heavy atom. The van der Waals surface area contributed by atoms with Crippen LogP contribution in [-0.4, -0.2) is 26.1 Å². The molecule has 1 heterocycles. The smallest absolute Gasteiger partial charge is 0.303 e. The summed E-state index contributed by atoms with van der Waals surface area (Å²) in [6.07, 6.45) is 9.71. The Balaban J connectivity index is 1.89. The van der Waals surface area contributed by atoms with E-state index in [1.54, 1.807) is 4.68 Å². The highest BCUT2D eigenvalue weighted by atomic mass is 16.4. The van der Waals surface area contributed by atoms with E-state index in [-0.39, 0.29) is 0 Å². The minimum absolute atomic E-state index is 0.305. The van der Waals surface area contributed by atoms with E-state index < -0.39 is 5.97 Å². The van der Waals surface area contributed by atoms with E-state index >= 15 is 0 Å². The van der Waals surface area contributed by atoms with Crippen molar-refractivity contribution in [2.75, 3.05) is 0 Å². The molecule has 0 aliphatic rings. The number of hydrogen-bond donors (Lipinski definition) is 1. The molecule has 0 amide bonds. The van der Waals surface area contributed by atoms with Crippen LogP contribution in [0.1, 0.15) is 50.6 Å². The van der Waals surface area contributed by atoms with Crippen LogP contribution in [0.2, 0.25) is 0 Å². The van der Waals surface area contributed by atoms with E-state index in [1.807, 2.05) is 13.2 Å². The summed E-state index contributed by atoms with van der Waals surface area (Å²) in [5, 5.41) is 16.4. The molecule has 0 radical (unpaired) electrons. The number of nitrogens with zero attached hydrogens (tertiary/aromatic N) is 3. The highest BCUT2D eigenvalue weighted by Crippen LogP contribution is 2.09. The van der Waals surface area contributed by atoms with Gasteiger partial charge in [0.2, 0.25) is 0 Å². The van der Waals surface area contributed by atoms with Crippen LogP contribution in [0.3, 0.4) is 0 Å². The van der Waals surface area contributed by atoms with Crippen molar-refractivity contribution in [2.24, 2.45) is 7.05 Å². The van der Waals surface area contributed by atoms with E-state index in [0.717, 1.165) is 37.8 Å². The molecule has 1 rings (SSSR count). The molecule has 0 spiro atoms. The van der Waals surface area contributed by atoms with Crippen molar-refractivity contribution < 1.29 is 9.90 Å². The molecule has 1 aromatic rings. The lowest BCUT2D eigenvalue weighted by molar-refractivity contribution is -0.137. The molecule has 1 N–H and O–H groups in total. The second-order valence-corrected chi connectivity index (χ2v) is 4.40. The molecule has 96 valence electrons. The van der Waals surface area contributed by atoms with Crippen LogP contribution in [0, 0.1) is 0 Å². The van der Waals surface area contributed by atoms with Crippen LogP contribution >= 0.6 is 0 Å². The minimum atomic E-state index is -0.687. The first-order chi connectivity index (χ1) is 8.18. The number of aromatic nitrogens is 3. The van der Waals surface area contributed by atoms with Gasteiger partial charge in [-0.25, -0.2) is 0 Å². The highest BCUT2D eigenvalue weighted by molar-refractivity contribution is 5.66. The lowest BCUT2D eigenvalue weighted by Gasteiger charge is -1.99. The highest BCUT2D eigenvalue weighted by Gasteiger charge is 1.99. The lowest BCUT2D eigenvalue weighted by Crippen LogP contribution is -1.93. The van der Waals surface area contributed by atoms with Gasteiger partial charge in [0.05, 0.1) is 5.69 Å². The van der Waals surface area contributed by atoms with Crippen molar-refractivity contribution in [3.63, 3.8) is 0 Å². The molecule has 1 aromatic heterocycles. The van der Waals surface area contributed by atoms with Crippen LogP contribution in [0.4, 0.5) is 0 Å². The summed E-state index contributed by atoms with van der Waals surface area (Å²) in [5.41, 5.74) is 1.05. The Morgan fingerprint density at radius 1 is 1.24 bits per heavy atom. The first kappa shape index (κ1) is 13.7. The molecule has 0 aliphatic carbocycles. The molecule has 0 aromatic carbocycles. The molecule has 5 heteroatoms. The summed E-state index contributed by atoms with van der Waals surface area (Å²) in [5.74, 6) is -0.687. The van der Waals surface area contributed by atoms with Gasteiger partial charge in [-0.15, -0.1) is 5.10 Å². The quantitative estimate of drug-likeness (QED) is 0.671. The number of rotatable bonds is 9. The van der Waals surface area contributed by atoms with E-state index in [0.29, 0.717) is 6.42 Å². The van der Waals surface area contributed by atoms with Gasteiger partial charge in [0.15, 0.2) is 0 Å². The van der Waals surface area contributed by atoms with Gasteiger partial charge in [-0.2, -0.15) is 0 Å². The zero-order chi connectivity index (χ0) is 12.5. The first-order valence-corrected chi connectivity index (χ1v) is 6.25. The second-order valence-electron chi connectivity index (χ2n) is 4.40. The van der Waals surface area contributed by atoms with E-state index in [9.17, 15) is 4.79 Å². The SMILES string of the molecule is Cn1cc(CCCCCCCCC(=O)O)nn1. The fourth-order valence-electron chi connectivity index (χ4n) is 1.80. The van der Waals surface area contributed by atoms with E-state index in [1.165, 1.54) is 12.8 Å². The van der Waals surface area contributed by atoms with Crippen molar-refractivity contribution in [2.45, 2.75) is 51.4 Å². The number of hydrogen-bond acceptors (Lipinski definition) is 3. The summed E-state index contributed by atoms with van der Waals surface area (Å²) in [7, 11) is 1.87. The van der Waals surface area contributed by atoms with Gasteiger partial charge in [0.1, 0.15) is 0 Å². The summed E-state index contributed by atoms with van der Waals surface area (Å²) in [6, 6.07) is 0. The van der Waals surface area contributed by atoms with Crippen LogP contribution in [0.5, 0.6) is 0 Å². The fraction of sp³-hybridized carbons (Fsp3) is 0.750. The topological polar surface area (TPSA) is 68.0 Å². The van der Waals surface area contributed by atoms with Crippen molar-refractivity contribution >= 4 is 5.97 Å². The maximum atomic E-state index is 10.3. The lowest BCUT2D eigenvalue weighted by atomic mass is 10.1.